The normalized spacial score (nSPS) is 9.29. The molecule has 0 spiro atoms. The van der Waals surface area contributed by atoms with E-state index in [-0.39, 0.29) is 5.97 Å². The van der Waals surface area contributed by atoms with E-state index in [0.717, 1.165) is 14.7 Å². The number of halogens is 1. The van der Waals surface area contributed by atoms with Crippen LogP contribution in [0.2, 0.25) is 0 Å². The van der Waals surface area contributed by atoms with Gasteiger partial charge in [-0.25, -0.2) is 4.79 Å². The second-order valence-electron chi connectivity index (χ2n) is 2.77. The van der Waals surface area contributed by atoms with E-state index < -0.39 is 0 Å². The first kappa shape index (κ1) is 11.1. The van der Waals surface area contributed by atoms with E-state index in [1.165, 1.54) is 7.11 Å². The van der Waals surface area contributed by atoms with Crippen molar-refractivity contribution in [1.29, 1.82) is 0 Å². The molecule has 1 rings (SSSR count). The van der Waals surface area contributed by atoms with Gasteiger partial charge >= 0.3 is 5.97 Å². The van der Waals surface area contributed by atoms with Gasteiger partial charge in [-0.3, -0.25) is 0 Å². The lowest BCUT2D eigenvalue weighted by Crippen LogP contribution is -2.03. The van der Waals surface area contributed by atoms with E-state index in [2.05, 4.69) is 33.2 Å². The van der Waals surface area contributed by atoms with Gasteiger partial charge in [-0.1, -0.05) is 5.92 Å². The zero-order valence-corrected chi connectivity index (χ0v) is 10.1. The summed E-state index contributed by atoms with van der Waals surface area (Å²) in [6.45, 7) is 1.93. The van der Waals surface area contributed by atoms with Crippen molar-refractivity contribution in [3.8, 4) is 12.3 Å². The lowest BCUT2D eigenvalue weighted by Gasteiger charge is -2.05. The summed E-state index contributed by atoms with van der Waals surface area (Å²) in [4.78, 5) is 11.3. The van der Waals surface area contributed by atoms with Crippen LogP contribution >= 0.6 is 22.6 Å². The number of hydrogen-bond donors (Lipinski definition) is 0. The number of ether oxygens (including phenoxy) is 1. The van der Waals surface area contributed by atoms with Crippen LogP contribution in [-0.4, -0.2) is 13.1 Å². The van der Waals surface area contributed by atoms with Gasteiger partial charge in [0, 0.05) is 9.13 Å². The van der Waals surface area contributed by atoms with Crippen molar-refractivity contribution < 1.29 is 9.53 Å². The van der Waals surface area contributed by atoms with Gasteiger partial charge in [0.05, 0.1) is 12.7 Å². The maximum Gasteiger partial charge on any atom is 0.337 e. The van der Waals surface area contributed by atoms with Gasteiger partial charge in [0.2, 0.25) is 0 Å². The number of benzene rings is 1. The molecule has 3 heteroatoms. The highest BCUT2D eigenvalue weighted by Gasteiger charge is 2.09. The molecule has 0 aliphatic heterocycles. The predicted molar refractivity (Wildman–Crippen MR) is 63.2 cm³/mol. The molecule has 0 unspecified atom stereocenters. The number of esters is 1. The highest BCUT2D eigenvalue weighted by molar-refractivity contribution is 14.1. The molecular weight excluding hydrogens is 291 g/mol. The van der Waals surface area contributed by atoms with Crippen LogP contribution in [0.5, 0.6) is 0 Å². The Morgan fingerprint density at radius 2 is 2.21 bits per heavy atom. The molecule has 0 radical (unpaired) electrons. The molecule has 0 aliphatic rings. The smallest absolute Gasteiger partial charge is 0.337 e. The van der Waals surface area contributed by atoms with Gasteiger partial charge in [0.1, 0.15) is 0 Å². The molecule has 0 atom stereocenters. The Morgan fingerprint density at radius 1 is 1.57 bits per heavy atom. The van der Waals surface area contributed by atoms with Crippen molar-refractivity contribution in [1.82, 2.24) is 0 Å². The Kier molecular flexibility index (Phi) is 3.53. The number of methoxy groups -OCH3 is 1. The fourth-order valence-corrected chi connectivity index (χ4v) is 1.69. The Balaban J connectivity index is 3.32. The minimum Gasteiger partial charge on any atom is -0.465 e. The third-order valence-electron chi connectivity index (χ3n) is 1.92. The molecule has 0 aromatic heterocycles. The van der Waals surface area contributed by atoms with Gasteiger partial charge in [-0.2, -0.15) is 0 Å². The molecule has 0 N–H and O–H groups in total. The molecule has 0 saturated heterocycles. The summed E-state index contributed by atoms with van der Waals surface area (Å²) in [7, 11) is 1.35. The highest BCUT2D eigenvalue weighted by atomic mass is 127. The monoisotopic (exact) mass is 300 g/mol. The van der Waals surface area contributed by atoms with Crippen molar-refractivity contribution >= 4 is 28.6 Å². The molecule has 72 valence electrons. The number of hydrogen-bond acceptors (Lipinski definition) is 2. The zero-order chi connectivity index (χ0) is 10.7. The summed E-state index contributed by atoms with van der Waals surface area (Å²) in [6.07, 6.45) is 5.32. The van der Waals surface area contributed by atoms with Gasteiger partial charge in [-0.15, -0.1) is 6.42 Å². The third-order valence-corrected chi connectivity index (χ3v) is 3.04. The van der Waals surface area contributed by atoms with Crippen molar-refractivity contribution in [2.45, 2.75) is 6.92 Å². The van der Waals surface area contributed by atoms with Crippen LogP contribution in [0.1, 0.15) is 21.5 Å². The molecule has 1 aromatic rings. The topological polar surface area (TPSA) is 26.3 Å². The fourth-order valence-electron chi connectivity index (χ4n) is 1.06. The lowest BCUT2D eigenvalue weighted by atomic mass is 10.1. The first-order valence-corrected chi connectivity index (χ1v) is 5.03. The quantitative estimate of drug-likeness (QED) is 0.452. The van der Waals surface area contributed by atoms with E-state index in [4.69, 9.17) is 6.42 Å². The first-order valence-electron chi connectivity index (χ1n) is 3.95. The second kappa shape index (κ2) is 4.47. The van der Waals surface area contributed by atoms with Crippen LogP contribution < -0.4 is 0 Å². The molecule has 0 fully saturated rings. The first-order chi connectivity index (χ1) is 6.60. The van der Waals surface area contributed by atoms with Crippen molar-refractivity contribution in [2.24, 2.45) is 0 Å². The molecule has 0 bridgehead atoms. The zero-order valence-electron chi connectivity index (χ0n) is 7.93. The van der Waals surface area contributed by atoms with Crippen LogP contribution in [0.25, 0.3) is 0 Å². The van der Waals surface area contributed by atoms with E-state index in [1.807, 2.05) is 6.92 Å². The van der Waals surface area contributed by atoms with E-state index >= 15 is 0 Å². The fraction of sp³-hybridized carbons (Fsp3) is 0.182. The summed E-state index contributed by atoms with van der Waals surface area (Å²) in [6, 6.07) is 3.44. The minimum absolute atomic E-state index is 0.362. The Morgan fingerprint density at radius 3 is 2.71 bits per heavy atom. The van der Waals surface area contributed by atoms with Crippen LogP contribution in [-0.2, 0) is 4.74 Å². The maximum absolute atomic E-state index is 11.3. The standard InChI is InChI=1S/C11H9IO2/c1-4-8-5-9(11(13)14-3)6-10(12)7(8)2/h1,5-6H,2-3H3. The SMILES string of the molecule is C#Cc1cc(C(=O)OC)cc(I)c1C. The summed E-state index contributed by atoms with van der Waals surface area (Å²) in [5, 5.41) is 0. The summed E-state index contributed by atoms with van der Waals surface area (Å²) in [5.74, 6) is 2.18. The van der Waals surface area contributed by atoms with Crippen LogP contribution in [0.4, 0.5) is 0 Å². The summed E-state index contributed by atoms with van der Waals surface area (Å²) >= 11 is 2.15. The molecule has 0 aliphatic carbocycles. The van der Waals surface area contributed by atoms with Crippen LogP contribution in [0.3, 0.4) is 0 Å². The Hall–Kier alpha value is -1.02. The van der Waals surface area contributed by atoms with Crippen LogP contribution in [0.15, 0.2) is 12.1 Å². The van der Waals surface area contributed by atoms with E-state index in [1.54, 1.807) is 12.1 Å². The Bertz CT molecular complexity index is 416. The van der Waals surface area contributed by atoms with Gasteiger partial charge in [-0.05, 0) is 47.2 Å². The molecule has 0 heterocycles. The van der Waals surface area contributed by atoms with Gasteiger partial charge < -0.3 is 4.74 Å². The predicted octanol–water partition coefficient (Wildman–Crippen LogP) is 2.37. The van der Waals surface area contributed by atoms with Gasteiger partial charge in [0.15, 0.2) is 0 Å². The van der Waals surface area contributed by atoms with Crippen molar-refractivity contribution in [3.63, 3.8) is 0 Å². The number of terminal acetylenes is 1. The maximum atomic E-state index is 11.3. The van der Waals surface area contributed by atoms with Crippen molar-refractivity contribution in [2.75, 3.05) is 7.11 Å². The average molecular weight is 300 g/mol. The molecule has 2 nitrogen and oxygen atoms in total. The second-order valence-corrected chi connectivity index (χ2v) is 3.93. The Labute approximate surface area is 96.8 Å². The molecule has 0 amide bonds. The van der Waals surface area contributed by atoms with Gasteiger partial charge in [0.25, 0.3) is 0 Å². The molecule has 0 saturated carbocycles. The van der Waals surface area contributed by atoms with Crippen molar-refractivity contribution in [3.05, 3.63) is 32.4 Å². The summed E-state index contributed by atoms with van der Waals surface area (Å²) in [5.41, 5.74) is 2.24. The summed E-state index contributed by atoms with van der Waals surface area (Å²) < 4.78 is 5.59. The average Bonchev–Trinajstić information content (AvgIpc) is 2.20. The number of carbonyl (C=O) groups excluding carboxylic acids is 1. The van der Waals surface area contributed by atoms with E-state index in [0.29, 0.717) is 5.56 Å². The molecule has 14 heavy (non-hydrogen) atoms. The molecular formula is C11H9IO2. The largest absolute Gasteiger partial charge is 0.465 e. The highest BCUT2D eigenvalue weighted by Crippen LogP contribution is 2.18. The molecule has 1 aromatic carbocycles. The third kappa shape index (κ3) is 2.07. The number of rotatable bonds is 1. The lowest BCUT2D eigenvalue weighted by molar-refractivity contribution is 0.0600. The van der Waals surface area contributed by atoms with E-state index in [9.17, 15) is 4.79 Å². The number of carbonyl (C=O) groups is 1. The van der Waals surface area contributed by atoms with Crippen LogP contribution in [0, 0.1) is 22.8 Å². The minimum atomic E-state index is -0.362.